The van der Waals surface area contributed by atoms with Crippen molar-refractivity contribution in [2.24, 2.45) is 0 Å². The summed E-state index contributed by atoms with van der Waals surface area (Å²) in [4.78, 5) is 0. The van der Waals surface area contributed by atoms with E-state index in [0.717, 1.165) is 0 Å². The van der Waals surface area contributed by atoms with Gasteiger partial charge in [0, 0.05) is 0 Å². The molecular weight excluding hydrogens is 265 g/mol. The molecule has 0 saturated carbocycles. The number of hydrogen-bond donors (Lipinski definition) is 0. The number of hydrogen-bond acceptors (Lipinski definition) is 0. The molecule has 0 atom stereocenters. The first-order valence-electron chi connectivity index (χ1n) is 6.53. The fourth-order valence-corrected chi connectivity index (χ4v) is 14.0. The van der Waals surface area contributed by atoms with Crippen molar-refractivity contribution in [2.45, 2.75) is 23.3 Å². The summed E-state index contributed by atoms with van der Waals surface area (Å²) < 4.78 is 3.35. The summed E-state index contributed by atoms with van der Waals surface area (Å²) in [6.07, 6.45) is 2.87. The Kier molecular flexibility index (Phi) is 3.06. The van der Waals surface area contributed by atoms with Crippen LogP contribution in [0.1, 0.15) is 12.8 Å². The SMILES string of the molecule is c1cc[c]([Ge]2([c]3ccccc3)[CH2]CC[CH2]2)cc1. The Hall–Kier alpha value is -1.02. The first-order valence-corrected chi connectivity index (χ1v) is 11.6. The molecule has 3 rings (SSSR count). The second-order valence-corrected chi connectivity index (χ2v) is 14.1. The Balaban J connectivity index is 2.11. The van der Waals surface area contributed by atoms with Crippen LogP contribution in [0.15, 0.2) is 60.7 Å². The molecule has 86 valence electrons. The second-order valence-electron chi connectivity index (χ2n) is 5.02. The molecule has 1 heteroatoms. The minimum absolute atomic E-state index is 1.43. The van der Waals surface area contributed by atoms with E-state index in [0.29, 0.717) is 0 Å². The van der Waals surface area contributed by atoms with Crippen molar-refractivity contribution in [3.8, 4) is 0 Å². The molecule has 2 aromatic carbocycles. The van der Waals surface area contributed by atoms with E-state index >= 15 is 0 Å². The van der Waals surface area contributed by atoms with E-state index in [1.807, 2.05) is 0 Å². The van der Waals surface area contributed by atoms with Crippen LogP contribution in [0.2, 0.25) is 10.5 Å². The number of rotatable bonds is 2. The summed E-state index contributed by atoms with van der Waals surface area (Å²) in [5.41, 5.74) is 0. The molecule has 1 saturated heterocycles. The van der Waals surface area contributed by atoms with E-state index in [1.54, 1.807) is 8.79 Å². The van der Waals surface area contributed by atoms with Crippen LogP contribution in [0, 0.1) is 0 Å². The Morgan fingerprint density at radius 3 is 1.41 bits per heavy atom. The standard InChI is InChI=1S/C16H18Ge/c1-3-9-15(10-4-1)17(13-7-8-14-17)16-11-5-2-6-12-16/h1-6,9-12H,7-8,13-14H2. The summed E-state index contributed by atoms with van der Waals surface area (Å²) in [6.45, 7) is 0. The first-order chi connectivity index (χ1) is 8.42. The first kappa shape index (κ1) is 11.1. The summed E-state index contributed by atoms with van der Waals surface area (Å²) >= 11 is -1.97. The molecule has 0 aliphatic carbocycles. The molecule has 0 radical (unpaired) electrons. The van der Waals surface area contributed by atoms with Gasteiger partial charge in [-0.05, 0) is 0 Å². The van der Waals surface area contributed by atoms with Crippen molar-refractivity contribution in [3.05, 3.63) is 60.7 Å². The fourth-order valence-electron chi connectivity index (χ4n) is 3.24. The maximum atomic E-state index is 2.37. The summed E-state index contributed by atoms with van der Waals surface area (Å²) in [5.74, 6) is 0. The van der Waals surface area contributed by atoms with Gasteiger partial charge in [-0.2, -0.15) is 0 Å². The van der Waals surface area contributed by atoms with Crippen LogP contribution in [0.5, 0.6) is 0 Å². The molecule has 0 bridgehead atoms. The van der Waals surface area contributed by atoms with Crippen molar-refractivity contribution < 1.29 is 0 Å². The van der Waals surface area contributed by atoms with Crippen LogP contribution in [0.25, 0.3) is 0 Å². The molecule has 0 aromatic heterocycles. The van der Waals surface area contributed by atoms with E-state index in [2.05, 4.69) is 60.7 Å². The van der Waals surface area contributed by atoms with Gasteiger partial charge in [0.2, 0.25) is 0 Å². The molecular formula is C16H18Ge. The molecule has 0 amide bonds. The third-order valence-corrected chi connectivity index (χ3v) is 15.2. The third-order valence-electron chi connectivity index (χ3n) is 4.11. The summed E-state index contributed by atoms with van der Waals surface area (Å²) in [6, 6.07) is 22.6. The van der Waals surface area contributed by atoms with Crippen LogP contribution in [-0.4, -0.2) is 13.3 Å². The number of benzene rings is 2. The molecule has 1 aliphatic rings. The average Bonchev–Trinajstić information content (AvgIpc) is 2.91. The quantitative estimate of drug-likeness (QED) is 0.743. The molecule has 1 aliphatic heterocycles. The zero-order chi connectivity index (χ0) is 11.6. The molecule has 1 heterocycles. The predicted octanol–water partition coefficient (Wildman–Crippen LogP) is 3.04. The van der Waals surface area contributed by atoms with Crippen LogP contribution >= 0.6 is 0 Å². The van der Waals surface area contributed by atoms with Gasteiger partial charge in [-0.3, -0.25) is 0 Å². The Morgan fingerprint density at radius 1 is 0.588 bits per heavy atom. The van der Waals surface area contributed by atoms with Crippen molar-refractivity contribution in [1.29, 1.82) is 0 Å². The summed E-state index contributed by atoms with van der Waals surface area (Å²) in [7, 11) is 0. The molecule has 0 unspecified atom stereocenters. The van der Waals surface area contributed by atoms with Gasteiger partial charge in [-0.1, -0.05) is 0 Å². The van der Waals surface area contributed by atoms with Gasteiger partial charge in [0.05, 0.1) is 0 Å². The van der Waals surface area contributed by atoms with Gasteiger partial charge in [0.15, 0.2) is 0 Å². The van der Waals surface area contributed by atoms with Gasteiger partial charge in [-0.25, -0.2) is 0 Å². The Labute approximate surface area is 106 Å². The van der Waals surface area contributed by atoms with Crippen molar-refractivity contribution in [3.63, 3.8) is 0 Å². The van der Waals surface area contributed by atoms with Gasteiger partial charge in [-0.15, -0.1) is 0 Å². The molecule has 1 fully saturated rings. The molecule has 17 heavy (non-hydrogen) atoms. The van der Waals surface area contributed by atoms with E-state index in [4.69, 9.17) is 0 Å². The Morgan fingerprint density at radius 2 is 1.00 bits per heavy atom. The molecule has 0 spiro atoms. The van der Waals surface area contributed by atoms with Crippen LogP contribution < -0.4 is 8.79 Å². The van der Waals surface area contributed by atoms with Crippen molar-refractivity contribution in [1.82, 2.24) is 0 Å². The Bertz CT molecular complexity index is 428. The van der Waals surface area contributed by atoms with Crippen LogP contribution in [-0.2, 0) is 0 Å². The zero-order valence-corrected chi connectivity index (χ0v) is 12.2. The van der Waals surface area contributed by atoms with Gasteiger partial charge in [0.25, 0.3) is 0 Å². The third kappa shape index (κ3) is 1.95. The zero-order valence-electron chi connectivity index (χ0n) is 10.1. The predicted molar refractivity (Wildman–Crippen MR) is 76.8 cm³/mol. The maximum absolute atomic E-state index is 2.37. The van der Waals surface area contributed by atoms with E-state index in [9.17, 15) is 0 Å². The van der Waals surface area contributed by atoms with Crippen molar-refractivity contribution in [2.75, 3.05) is 0 Å². The van der Waals surface area contributed by atoms with Gasteiger partial charge >= 0.3 is 106 Å². The van der Waals surface area contributed by atoms with E-state index in [-0.39, 0.29) is 0 Å². The topological polar surface area (TPSA) is 0 Å². The van der Waals surface area contributed by atoms with Crippen molar-refractivity contribution >= 4 is 22.1 Å². The molecule has 2 aromatic rings. The van der Waals surface area contributed by atoms with E-state index < -0.39 is 13.3 Å². The molecule has 0 nitrogen and oxygen atoms in total. The fraction of sp³-hybridized carbons (Fsp3) is 0.250. The van der Waals surface area contributed by atoms with Gasteiger partial charge < -0.3 is 0 Å². The second kappa shape index (κ2) is 4.69. The molecule has 0 N–H and O–H groups in total. The minimum atomic E-state index is -1.97. The van der Waals surface area contributed by atoms with Gasteiger partial charge in [0.1, 0.15) is 0 Å². The monoisotopic (exact) mass is 284 g/mol. The van der Waals surface area contributed by atoms with E-state index in [1.165, 1.54) is 23.3 Å². The average molecular weight is 283 g/mol. The summed E-state index contributed by atoms with van der Waals surface area (Å²) in [5, 5.41) is 2.96. The van der Waals surface area contributed by atoms with Crippen LogP contribution in [0.4, 0.5) is 0 Å². The normalized spacial score (nSPS) is 18.1. The van der Waals surface area contributed by atoms with Crippen LogP contribution in [0.3, 0.4) is 0 Å².